The molecule has 2 aromatic heterocycles. The lowest BCUT2D eigenvalue weighted by atomic mass is 10.2. The fraction of sp³-hybridized carbons (Fsp3) is 0.316. The Morgan fingerprint density at radius 1 is 1.24 bits per heavy atom. The highest BCUT2D eigenvalue weighted by Gasteiger charge is 2.16. The zero-order valence-electron chi connectivity index (χ0n) is 14.4. The largest absolute Gasteiger partial charge is 0.397 e. The van der Waals surface area contributed by atoms with Crippen molar-refractivity contribution in [1.29, 1.82) is 0 Å². The maximum Gasteiger partial charge on any atom is 0.131 e. The lowest BCUT2D eigenvalue weighted by Gasteiger charge is -2.35. The molecule has 0 unspecified atom stereocenters. The summed E-state index contributed by atoms with van der Waals surface area (Å²) in [5.74, 6) is 0.775. The first-order valence-corrected chi connectivity index (χ1v) is 8.71. The average molecular weight is 335 g/mol. The Kier molecular flexibility index (Phi) is 4.19. The van der Waals surface area contributed by atoms with Crippen LogP contribution in [0.2, 0.25) is 0 Å². The molecule has 129 valence electrons. The zero-order valence-corrected chi connectivity index (χ0v) is 14.4. The van der Waals surface area contributed by atoms with Gasteiger partial charge in [-0.3, -0.25) is 0 Å². The molecule has 0 aliphatic carbocycles. The molecule has 3 aromatic rings. The molecule has 3 heterocycles. The van der Waals surface area contributed by atoms with E-state index in [0.717, 1.165) is 60.8 Å². The van der Waals surface area contributed by atoms with Gasteiger partial charge in [-0.05, 0) is 36.9 Å². The van der Waals surface area contributed by atoms with E-state index in [1.165, 1.54) is 5.69 Å². The number of aromatic amines is 1. The molecule has 1 fully saturated rings. The fourth-order valence-corrected chi connectivity index (χ4v) is 3.28. The number of anilines is 4. The van der Waals surface area contributed by atoms with E-state index in [-0.39, 0.29) is 0 Å². The van der Waals surface area contributed by atoms with Crippen LogP contribution in [0.5, 0.6) is 0 Å². The van der Waals surface area contributed by atoms with Crippen LogP contribution < -0.4 is 16.0 Å². The van der Waals surface area contributed by atoms with Crippen LogP contribution in [0.15, 0.2) is 36.5 Å². The van der Waals surface area contributed by atoms with Gasteiger partial charge in [0.05, 0.1) is 29.3 Å². The molecule has 1 saturated heterocycles. The quantitative estimate of drug-likeness (QED) is 0.640. The molecule has 4 rings (SSSR count). The van der Waals surface area contributed by atoms with E-state index >= 15 is 0 Å². The Hall–Kier alpha value is -2.73. The van der Waals surface area contributed by atoms with Gasteiger partial charge in [-0.1, -0.05) is 6.92 Å². The number of piperazine rings is 1. The summed E-state index contributed by atoms with van der Waals surface area (Å²) >= 11 is 0. The number of hydrogen-bond donors (Lipinski definition) is 3. The second-order valence-electron chi connectivity index (χ2n) is 6.39. The highest BCUT2D eigenvalue weighted by molar-refractivity contribution is 5.83. The molecule has 0 atom stereocenters. The number of nitrogens with zero attached hydrogens (tertiary/aromatic N) is 3. The summed E-state index contributed by atoms with van der Waals surface area (Å²) in [6.07, 6.45) is 4.76. The van der Waals surface area contributed by atoms with Crippen LogP contribution >= 0.6 is 0 Å². The van der Waals surface area contributed by atoms with Crippen LogP contribution in [0.25, 0.3) is 10.9 Å². The predicted octanol–water partition coefficient (Wildman–Crippen LogP) is 2.83. The van der Waals surface area contributed by atoms with E-state index in [1.54, 1.807) is 6.20 Å². The molecule has 1 radical (unpaired) electrons. The second-order valence-corrected chi connectivity index (χ2v) is 6.39. The van der Waals surface area contributed by atoms with Gasteiger partial charge in [-0.2, -0.15) is 0 Å². The van der Waals surface area contributed by atoms with Crippen LogP contribution in [-0.4, -0.2) is 47.6 Å². The first-order chi connectivity index (χ1) is 12.2. The third kappa shape index (κ3) is 3.25. The van der Waals surface area contributed by atoms with Crippen molar-refractivity contribution in [2.45, 2.75) is 6.92 Å². The topological polar surface area (TPSA) is 73.2 Å². The number of H-pyrrole nitrogens is 1. The first-order valence-electron chi connectivity index (χ1n) is 8.71. The minimum atomic E-state index is 0.734. The lowest BCUT2D eigenvalue weighted by molar-refractivity contribution is 0.271. The summed E-state index contributed by atoms with van der Waals surface area (Å²) in [5.41, 5.74) is 10.0. The highest BCUT2D eigenvalue weighted by Crippen LogP contribution is 2.28. The second kappa shape index (κ2) is 6.64. The summed E-state index contributed by atoms with van der Waals surface area (Å²) in [6.45, 7) is 7.63. The van der Waals surface area contributed by atoms with Gasteiger partial charge in [-0.15, -0.1) is 0 Å². The van der Waals surface area contributed by atoms with E-state index in [2.05, 4.69) is 44.3 Å². The molecule has 4 N–H and O–H groups in total. The van der Waals surface area contributed by atoms with Crippen LogP contribution in [0.1, 0.15) is 6.92 Å². The number of fused-ring (bicyclic) bond motifs is 1. The molecule has 0 spiro atoms. The average Bonchev–Trinajstić information content (AvgIpc) is 3.11. The minimum absolute atomic E-state index is 0.734. The molecule has 25 heavy (non-hydrogen) atoms. The van der Waals surface area contributed by atoms with Gasteiger partial charge in [0.1, 0.15) is 5.82 Å². The maximum absolute atomic E-state index is 6.28. The van der Waals surface area contributed by atoms with Crippen molar-refractivity contribution in [3.05, 3.63) is 42.7 Å². The van der Waals surface area contributed by atoms with Crippen LogP contribution in [0.4, 0.5) is 22.9 Å². The number of rotatable bonds is 4. The van der Waals surface area contributed by atoms with Crippen molar-refractivity contribution in [1.82, 2.24) is 14.9 Å². The van der Waals surface area contributed by atoms with Gasteiger partial charge in [0.25, 0.3) is 0 Å². The Balaban J connectivity index is 1.49. The number of hydrogen-bond acceptors (Lipinski definition) is 5. The molecule has 0 saturated carbocycles. The Morgan fingerprint density at radius 3 is 2.84 bits per heavy atom. The number of likely N-dealkylation sites (N-methyl/N-ethyl adjacent to an activating group) is 1. The maximum atomic E-state index is 6.28. The van der Waals surface area contributed by atoms with Crippen molar-refractivity contribution in [2.24, 2.45) is 0 Å². The lowest BCUT2D eigenvalue weighted by Crippen LogP contribution is -2.46. The smallest absolute Gasteiger partial charge is 0.131 e. The predicted molar refractivity (Wildman–Crippen MR) is 103 cm³/mol. The van der Waals surface area contributed by atoms with Crippen molar-refractivity contribution in [2.75, 3.05) is 48.7 Å². The zero-order chi connectivity index (χ0) is 17.2. The molecular weight excluding hydrogens is 312 g/mol. The van der Waals surface area contributed by atoms with E-state index < -0.39 is 0 Å². The molecule has 6 nitrogen and oxygen atoms in total. The number of nitrogen functional groups attached to an aromatic ring is 1. The fourth-order valence-electron chi connectivity index (χ4n) is 3.28. The Bertz CT molecular complexity index is 863. The van der Waals surface area contributed by atoms with E-state index in [1.807, 2.05) is 24.3 Å². The van der Waals surface area contributed by atoms with Gasteiger partial charge in [0, 0.05) is 37.3 Å². The Labute approximate surface area is 147 Å². The Morgan fingerprint density at radius 2 is 2.08 bits per heavy atom. The van der Waals surface area contributed by atoms with Crippen LogP contribution in [0, 0.1) is 6.20 Å². The number of nitrogens with one attached hydrogen (secondary N) is 2. The van der Waals surface area contributed by atoms with Crippen molar-refractivity contribution >= 4 is 33.8 Å². The van der Waals surface area contributed by atoms with Crippen molar-refractivity contribution < 1.29 is 0 Å². The molecule has 1 aliphatic heterocycles. The summed E-state index contributed by atoms with van der Waals surface area (Å²) in [7, 11) is 0. The van der Waals surface area contributed by atoms with Gasteiger partial charge in [0.15, 0.2) is 0 Å². The van der Waals surface area contributed by atoms with E-state index in [0.29, 0.717) is 0 Å². The highest BCUT2D eigenvalue weighted by atomic mass is 15.3. The third-order valence-corrected chi connectivity index (χ3v) is 4.85. The van der Waals surface area contributed by atoms with Crippen molar-refractivity contribution in [3.8, 4) is 0 Å². The first kappa shape index (κ1) is 15.8. The summed E-state index contributed by atoms with van der Waals surface area (Å²) in [5, 5.41) is 4.38. The number of aromatic nitrogens is 2. The summed E-state index contributed by atoms with van der Waals surface area (Å²) < 4.78 is 0. The molecule has 1 aliphatic rings. The van der Waals surface area contributed by atoms with Gasteiger partial charge in [-0.25, -0.2) is 4.98 Å². The standard InChI is InChI=1S/C19H23N6/c1-2-24-7-9-25(10-8-24)15-3-4-17(16(20)12-15)23-19-11-14-5-6-21-18(14)13-22-19/h3-5,11-13,21H,2,7-10,20H2,1H3,(H,22,23). The van der Waals surface area contributed by atoms with Gasteiger partial charge >= 0.3 is 0 Å². The van der Waals surface area contributed by atoms with Gasteiger partial charge < -0.3 is 25.8 Å². The summed E-state index contributed by atoms with van der Waals surface area (Å²) in [6, 6.07) is 10.1. The number of nitrogens with two attached hydrogens (primary N) is 1. The normalized spacial score (nSPS) is 15.6. The van der Waals surface area contributed by atoms with E-state index in [9.17, 15) is 0 Å². The molecular formula is C19H23N6. The third-order valence-electron chi connectivity index (χ3n) is 4.85. The molecule has 0 bridgehead atoms. The molecule has 0 amide bonds. The summed E-state index contributed by atoms with van der Waals surface area (Å²) in [4.78, 5) is 12.3. The van der Waals surface area contributed by atoms with Crippen molar-refractivity contribution in [3.63, 3.8) is 0 Å². The number of benzene rings is 1. The SMILES string of the molecule is CCN1CCN(c2ccc(Nc3cc4c[c][nH]c4cn3)c(N)c2)CC1. The van der Waals surface area contributed by atoms with Crippen LogP contribution in [-0.2, 0) is 0 Å². The number of pyridine rings is 1. The molecule has 6 heteroatoms. The molecule has 1 aromatic carbocycles. The minimum Gasteiger partial charge on any atom is -0.397 e. The monoisotopic (exact) mass is 335 g/mol. The van der Waals surface area contributed by atoms with Crippen LogP contribution in [0.3, 0.4) is 0 Å². The van der Waals surface area contributed by atoms with Gasteiger partial charge in [0.2, 0.25) is 0 Å². The van der Waals surface area contributed by atoms with E-state index in [4.69, 9.17) is 5.73 Å².